The highest BCUT2D eigenvalue weighted by molar-refractivity contribution is 5.79. The number of nitrogens with one attached hydrogen (secondary N) is 2. The lowest BCUT2D eigenvalue weighted by atomic mass is 9.83. The summed E-state index contributed by atoms with van der Waals surface area (Å²) in [5, 5.41) is 6.90. The molecule has 0 amide bonds. The van der Waals surface area contributed by atoms with Crippen LogP contribution in [0.4, 0.5) is 0 Å². The summed E-state index contributed by atoms with van der Waals surface area (Å²) in [6, 6.07) is 8.09. The summed E-state index contributed by atoms with van der Waals surface area (Å²) < 4.78 is 10.5. The van der Waals surface area contributed by atoms with Gasteiger partial charge in [-0.3, -0.25) is 4.99 Å². The molecule has 5 heteroatoms. The molecule has 2 N–H and O–H groups in total. The van der Waals surface area contributed by atoms with Crippen LogP contribution in [-0.2, 0) is 11.3 Å². The van der Waals surface area contributed by atoms with E-state index in [2.05, 4.69) is 27.8 Å². The molecular weight excluding hydrogens is 302 g/mol. The van der Waals surface area contributed by atoms with Gasteiger partial charge in [-0.15, -0.1) is 0 Å². The van der Waals surface area contributed by atoms with Crippen LogP contribution in [0.2, 0.25) is 0 Å². The maximum atomic E-state index is 5.30. The van der Waals surface area contributed by atoms with Gasteiger partial charge in [0.2, 0.25) is 0 Å². The third-order valence-electron chi connectivity index (χ3n) is 4.97. The van der Waals surface area contributed by atoms with Crippen molar-refractivity contribution >= 4 is 5.96 Å². The SMILES string of the molecule is CN=C(NCc1ccc(OC)cc1)NCC1(CCOC)CCCC1. The Bertz CT molecular complexity index is 508. The second-order valence-corrected chi connectivity index (χ2v) is 6.58. The topological polar surface area (TPSA) is 54.9 Å². The highest BCUT2D eigenvalue weighted by Crippen LogP contribution is 2.40. The summed E-state index contributed by atoms with van der Waals surface area (Å²) >= 11 is 0. The highest BCUT2D eigenvalue weighted by Gasteiger charge is 2.33. The first-order valence-corrected chi connectivity index (χ1v) is 8.78. The largest absolute Gasteiger partial charge is 0.497 e. The molecule has 0 aliphatic heterocycles. The molecule has 1 aliphatic carbocycles. The molecule has 0 aromatic heterocycles. The van der Waals surface area contributed by atoms with Gasteiger partial charge in [-0.05, 0) is 42.4 Å². The Morgan fingerprint density at radius 2 is 1.83 bits per heavy atom. The molecule has 0 bridgehead atoms. The van der Waals surface area contributed by atoms with E-state index in [4.69, 9.17) is 9.47 Å². The first-order valence-electron chi connectivity index (χ1n) is 8.78. The molecule has 2 rings (SSSR count). The third kappa shape index (κ3) is 5.41. The molecule has 0 saturated heterocycles. The summed E-state index contributed by atoms with van der Waals surface area (Å²) in [5.74, 6) is 1.73. The first-order chi connectivity index (χ1) is 11.7. The van der Waals surface area contributed by atoms with Crippen LogP contribution in [0.1, 0.15) is 37.7 Å². The maximum absolute atomic E-state index is 5.30. The van der Waals surface area contributed by atoms with E-state index in [9.17, 15) is 0 Å². The van der Waals surface area contributed by atoms with Gasteiger partial charge in [0.25, 0.3) is 0 Å². The van der Waals surface area contributed by atoms with Crippen molar-refractivity contribution < 1.29 is 9.47 Å². The Labute approximate surface area is 145 Å². The van der Waals surface area contributed by atoms with Crippen LogP contribution in [0.3, 0.4) is 0 Å². The molecule has 24 heavy (non-hydrogen) atoms. The fourth-order valence-corrected chi connectivity index (χ4v) is 3.38. The van der Waals surface area contributed by atoms with Gasteiger partial charge < -0.3 is 20.1 Å². The van der Waals surface area contributed by atoms with E-state index in [0.717, 1.165) is 37.8 Å². The molecule has 0 atom stereocenters. The summed E-state index contributed by atoms with van der Waals surface area (Å²) in [6.45, 7) is 2.53. The molecule has 1 aromatic carbocycles. The summed E-state index contributed by atoms with van der Waals surface area (Å²) in [6.07, 6.45) is 6.32. The second-order valence-electron chi connectivity index (χ2n) is 6.58. The zero-order chi connectivity index (χ0) is 17.3. The monoisotopic (exact) mass is 333 g/mol. The van der Waals surface area contributed by atoms with E-state index in [1.165, 1.54) is 31.2 Å². The lowest BCUT2D eigenvalue weighted by Gasteiger charge is -2.30. The van der Waals surface area contributed by atoms with Crippen LogP contribution in [-0.4, -0.2) is 40.4 Å². The Hall–Kier alpha value is -1.75. The van der Waals surface area contributed by atoms with E-state index in [0.29, 0.717) is 5.41 Å². The van der Waals surface area contributed by atoms with Crippen LogP contribution in [0.15, 0.2) is 29.3 Å². The van der Waals surface area contributed by atoms with Gasteiger partial charge in [0, 0.05) is 33.9 Å². The molecule has 0 spiro atoms. The van der Waals surface area contributed by atoms with Crippen molar-refractivity contribution in [1.82, 2.24) is 10.6 Å². The molecule has 1 fully saturated rings. The van der Waals surface area contributed by atoms with E-state index in [1.807, 2.05) is 19.2 Å². The number of nitrogens with zero attached hydrogens (tertiary/aromatic N) is 1. The fraction of sp³-hybridized carbons (Fsp3) is 0.632. The number of aliphatic imine (C=N–C) groups is 1. The van der Waals surface area contributed by atoms with Gasteiger partial charge in [-0.25, -0.2) is 0 Å². The summed E-state index contributed by atoms with van der Waals surface area (Å²) in [7, 11) is 5.28. The van der Waals surface area contributed by atoms with Crippen LogP contribution >= 0.6 is 0 Å². The molecule has 0 unspecified atom stereocenters. The predicted octanol–water partition coefficient (Wildman–Crippen LogP) is 2.96. The van der Waals surface area contributed by atoms with Crippen molar-refractivity contribution in [3.05, 3.63) is 29.8 Å². The van der Waals surface area contributed by atoms with Crippen molar-refractivity contribution in [2.24, 2.45) is 10.4 Å². The van der Waals surface area contributed by atoms with E-state index >= 15 is 0 Å². The number of rotatable bonds is 8. The van der Waals surface area contributed by atoms with E-state index in [1.54, 1.807) is 14.2 Å². The number of methoxy groups -OCH3 is 2. The standard InChI is InChI=1S/C19H31N3O2/c1-20-18(21-14-16-6-8-17(24-3)9-7-16)22-15-19(12-13-23-2)10-4-5-11-19/h6-9H,4-5,10-15H2,1-3H3,(H2,20,21,22). The maximum Gasteiger partial charge on any atom is 0.191 e. The summed E-state index contributed by atoms with van der Waals surface area (Å²) in [4.78, 5) is 4.35. The number of benzene rings is 1. The van der Waals surface area contributed by atoms with Gasteiger partial charge in [-0.1, -0.05) is 25.0 Å². The van der Waals surface area contributed by atoms with E-state index < -0.39 is 0 Å². The summed E-state index contributed by atoms with van der Waals surface area (Å²) in [5.41, 5.74) is 1.56. The zero-order valence-electron chi connectivity index (χ0n) is 15.2. The normalized spacial score (nSPS) is 16.9. The molecule has 1 aliphatic rings. The molecular formula is C19H31N3O2. The van der Waals surface area contributed by atoms with Gasteiger partial charge in [0.05, 0.1) is 7.11 Å². The van der Waals surface area contributed by atoms with Gasteiger partial charge >= 0.3 is 0 Å². The minimum atomic E-state index is 0.355. The minimum Gasteiger partial charge on any atom is -0.497 e. The number of ether oxygens (including phenoxy) is 2. The number of guanidine groups is 1. The van der Waals surface area contributed by atoms with Crippen molar-refractivity contribution in [2.75, 3.05) is 34.4 Å². The lowest BCUT2D eigenvalue weighted by Crippen LogP contribution is -2.43. The van der Waals surface area contributed by atoms with E-state index in [-0.39, 0.29) is 0 Å². The highest BCUT2D eigenvalue weighted by atomic mass is 16.5. The molecule has 5 nitrogen and oxygen atoms in total. The Balaban J connectivity index is 1.82. The average Bonchev–Trinajstić information content (AvgIpc) is 3.10. The minimum absolute atomic E-state index is 0.355. The molecule has 1 aromatic rings. The Morgan fingerprint density at radius 1 is 1.12 bits per heavy atom. The first kappa shape index (κ1) is 18.6. The smallest absolute Gasteiger partial charge is 0.191 e. The number of hydrogen-bond acceptors (Lipinski definition) is 3. The quantitative estimate of drug-likeness (QED) is 0.567. The Morgan fingerprint density at radius 3 is 2.42 bits per heavy atom. The van der Waals surface area contributed by atoms with Gasteiger partial charge in [-0.2, -0.15) is 0 Å². The van der Waals surface area contributed by atoms with Crippen LogP contribution in [0.25, 0.3) is 0 Å². The van der Waals surface area contributed by atoms with Crippen molar-refractivity contribution in [2.45, 2.75) is 38.6 Å². The third-order valence-corrected chi connectivity index (χ3v) is 4.97. The van der Waals surface area contributed by atoms with Gasteiger partial charge in [0.1, 0.15) is 5.75 Å². The van der Waals surface area contributed by atoms with Crippen molar-refractivity contribution in [3.8, 4) is 5.75 Å². The van der Waals surface area contributed by atoms with Crippen LogP contribution < -0.4 is 15.4 Å². The lowest BCUT2D eigenvalue weighted by molar-refractivity contribution is 0.138. The van der Waals surface area contributed by atoms with Gasteiger partial charge in [0.15, 0.2) is 5.96 Å². The Kier molecular flexibility index (Phi) is 7.37. The number of hydrogen-bond donors (Lipinski definition) is 2. The molecule has 0 heterocycles. The molecule has 1 saturated carbocycles. The van der Waals surface area contributed by atoms with Crippen molar-refractivity contribution in [1.29, 1.82) is 0 Å². The fourth-order valence-electron chi connectivity index (χ4n) is 3.38. The van der Waals surface area contributed by atoms with Crippen LogP contribution in [0, 0.1) is 5.41 Å². The zero-order valence-corrected chi connectivity index (χ0v) is 15.2. The molecule has 0 radical (unpaired) electrons. The molecule has 134 valence electrons. The predicted molar refractivity (Wildman–Crippen MR) is 98.6 cm³/mol. The second kappa shape index (κ2) is 9.52. The average molecular weight is 333 g/mol. The van der Waals surface area contributed by atoms with Crippen molar-refractivity contribution in [3.63, 3.8) is 0 Å². The van der Waals surface area contributed by atoms with Crippen LogP contribution in [0.5, 0.6) is 5.75 Å².